The van der Waals surface area contributed by atoms with Crippen molar-refractivity contribution in [1.29, 1.82) is 0 Å². The summed E-state index contributed by atoms with van der Waals surface area (Å²) >= 11 is 0. The molecular weight excluding hydrogens is 302 g/mol. The quantitative estimate of drug-likeness (QED) is 0.886. The van der Waals surface area contributed by atoms with Gasteiger partial charge in [0.05, 0.1) is 0 Å². The summed E-state index contributed by atoms with van der Waals surface area (Å²) in [4.78, 5) is 18.8. The van der Waals surface area contributed by atoms with Crippen LogP contribution >= 0.6 is 0 Å². The minimum absolute atomic E-state index is 0.0796. The number of hydrogen-bond donors (Lipinski definition) is 2. The second-order valence-electron chi connectivity index (χ2n) is 6.21. The number of aryl methyl sites for hydroxylation is 1. The first kappa shape index (κ1) is 16.3. The van der Waals surface area contributed by atoms with E-state index < -0.39 is 0 Å². The lowest BCUT2D eigenvalue weighted by molar-refractivity contribution is -0.121. The first-order valence-electron chi connectivity index (χ1n) is 8.44. The smallest absolute Gasteiger partial charge is 0.220 e. The van der Waals surface area contributed by atoms with Gasteiger partial charge in [0, 0.05) is 31.7 Å². The zero-order chi connectivity index (χ0) is 16.8. The van der Waals surface area contributed by atoms with Crippen molar-refractivity contribution in [2.24, 2.45) is 0 Å². The van der Waals surface area contributed by atoms with Gasteiger partial charge in [-0.2, -0.15) is 0 Å². The maximum absolute atomic E-state index is 12.2. The third kappa shape index (κ3) is 4.47. The van der Waals surface area contributed by atoms with Gasteiger partial charge in [0.25, 0.3) is 0 Å². The molecule has 126 valence electrons. The molecule has 2 N–H and O–H groups in total. The van der Waals surface area contributed by atoms with Gasteiger partial charge in [-0.3, -0.25) is 4.79 Å². The highest BCUT2D eigenvalue weighted by Crippen LogP contribution is 2.17. The van der Waals surface area contributed by atoms with E-state index in [4.69, 9.17) is 0 Å². The first-order valence-corrected chi connectivity index (χ1v) is 8.44. The molecule has 1 aromatic heterocycles. The van der Waals surface area contributed by atoms with Gasteiger partial charge >= 0.3 is 0 Å². The minimum atomic E-state index is 0.0796. The number of aromatic nitrogens is 1. The molecule has 24 heavy (non-hydrogen) atoms. The number of amides is 1. The van der Waals surface area contributed by atoms with Crippen molar-refractivity contribution < 1.29 is 9.90 Å². The van der Waals surface area contributed by atoms with Crippen LogP contribution in [-0.2, 0) is 11.2 Å². The number of piperidine rings is 1. The number of rotatable bonds is 5. The SMILES string of the molecule is O=C(CCc1ccc(O)cc1)N[C@@H]1CCCN(c2ccccn2)C1. The minimum Gasteiger partial charge on any atom is -0.508 e. The van der Waals surface area contributed by atoms with Gasteiger partial charge in [0.2, 0.25) is 5.91 Å². The first-order chi connectivity index (χ1) is 11.7. The van der Waals surface area contributed by atoms with Gasteiger partial charge in [0.1, 0.15) is 11.6 Å². The fourth-order valence-corrected chi connectivity index (χ4v) is 3.06. The molecule has 1 aliphatic rings. The lowest BCUT2D eigenvalue weighted by atomic mass is 10.0. The number of carbonyl (C=O) groups excluding carboxylic acids is 1. The molecular formula is C19H23N3O2. The molecule has 0 spiro atoms. The van der Waals surface area contributed by atoms with Crippen LogP contribution in [0.5, 0.6) is 5.75 Å². The zero-order valence-corrected chi connectivity index (χ0v) is 13.7. The molecule has 1 aliphatic heterocycles. The summed E-state index contributed by atoms with van der Waals surface area (Å²) in [6, 6.07) is 13.1. The molecule has 1 fully saturated rings. The van der Waals surface area contributed by atoms with E-state index >= 15 is 0 Å². The molecule has 0 saturated carbocycles. The predicted octanol–water partition coefficient (Wildman–Crippen LogP) is 2.51. The monoisotopic (exact) mass is 325 g/mol. The average Bonchev–Trinajstić information content (AvgIpc) is 2.62. The molecule has 1 amide bonds. The van der Waals surface area contributed by atoms with Crippen LogP contribution in [0.25, 0.3) is 0 Å². The third-order valence-electron chi connectivity index (χ3n) is 4.34. The normalized spacial score (nSPS) is 17.5. The van der Waals surface area contributed by atoms with Crippen molar-refractivity contribution in [2.45, 2.75) is 31.7 Å². The Kier molecular flexibility index (Phi) is 5.31. The van der Waals surface area contributed by atoms with Crippen molar-refractivity contribution in [3.63, 3.8) is 0 Å². The number of pyridine rings is 1. The lowest BCUT2D eigenvalue weighted by Gasteiger charge is -2.34. The molecule has 1 saturated heterocycles. The Hall–Kier alpha value is -2.56. The number of nitrogens with one attached hydrogen (secondary N) is 1. The van der Waals surface area contributed by atoms with Crippen LogP contribution in [0, 0.1) is 0 Å². The molecule has 0 bridgehead atoms. The van der Waals surface area contributed by atoms with Gasteiger partial charge in [-0.25, -0.2) is 4.98 Å². The number of phenolic OH excluding ortho intramolecular Hbond substituents is 1. The summed E-state index contributed by atoms with van der Waals surface area (Å²) in [5.74, 6) is 1.30. The fourth-order valence-electron chi connectivity index (χ4n) is 3.06. The number of nitrogens with zero attached hydrogens (tertiary/aromatic N) is 2. The summed E-state index contributed by atoms with van der Waals surface area (Å²) in [6.45, 7) is 1.79. The highest BCUT2D eigenvalue weighted by molar-refractivity contribution is 5.76. The van der Waals surface area contributed by atoms with Crippen LogP contribution in [0.1, 0.15) is 24.8 Å². The summed E-state index contributed by atoms with van der Waals surface area (Å²) in [5.41, 5.74) is 1.06. The summed E-state index contributed by atoms with van der Waals surface area (Å²) in [6.07, 6.45) is 5.01. The highest BCUT2D eigenvalue weighted by atomic mass is 16.3. The molecule has 5 nitrogen and oxygen atoms in total. The molecule has 3 rings (SSSR count). The zero-order valence-electron chi connectivity index (χ0n) is 13.7. The maximum Gasteiger partial charge on any atom is 0.220 e. The Balaban J connectivity index is 1.48. The number of hydrogen-bond acceptors (Lipinski definition) is 4. The number of benzene rings is 1. The topological polar surface area (TPSA) is 65.5 Å². The van der Waals surface area contributed by atoms with Crippen molar-refractivity contribution >= 4 is 11.7 Å². The molecule has 1 aromatic carbocycles. The van der Waals surface area contributed by atoms with Crippen molar-refractivity contribution in [3.05, 3.63) is 54.2 Å². The Bertz CT molecular complexity index is 658. The largest absolute Gasteiger partial charge is 0.508 e. The number of phenols is 1. The van der Waals surface area contributed by atoms with Crippen LogP contribution in [0.15, 0.2) is 48.7 Å². The Morgan fingerprint density at radius 1 is 1.25 bits per heavy atom. The average molecular weight is 325 g/mol. The summed E-state index contributed by atoms with van der Waals surface area (Å²) in [5, 5.41) is 12.4. The fraction of sp³-hybridized carbons (Fsp3) is 0.368. The van der Waals surface area contributed by atoms with E-state index in [-0.39, 0.29) is 17.7 Å². The van der Waals surface area contributed by atoms with Crippen molar-refractivity contribution in [3.8, 4) is 5.75 Å². The van der Waals surface area contributed by atoms with Gasteiger partial charge in [-0.1, -0.05) is 18.2 Å². The van der Waals surface area contributed by atoms with Crippen molar-refractivity contribution in [2.75, 3.05) is 18.0 Å². The van der Waals surface area contributed by atoms with Crippen LogP contribution in [-0.4, -0.2) is 35.1 Å². The third-order valence-corrected chi connectivity index (χ3v) is 4.34. The Morgan fingerprint density at radius 3 is 2.83 bits per heavy atom. The van der Waals surface area contributed by atoms with E-state index in [1.807, 2.05) is 30.3 Å². The van der Waals surface area contributed by atoms with Gasteiger partial charge in [-0.15, -0.1) is 0 Å². The molecule has 2 aromatic rings. The second kappa shape index (κ2) is 7.81. The number of anilines is 1. The van der Waals surface area contributed by atoms with E-state index in [0.717, 1.165) is 37.3 Å². The molecule has 1 atom stereocenters. The van der Waals surface area contributed by atoms with Crippen LogP contribution in [0.3, 0.4) is 0 Å². The van der Waals surface area contributed by atoms with Gasteiger partial charge < -0.3 is 15.3 Å². The van der Waals surface area contributed by atoms with Crippen molar-refractivity contribution in [1.82, 2.24) is 10.3 Å². The second-order valence-corrected chi connectivity index (χ2v) is 6.21. The number of aromatic hydroxyl groups is 1. The molecule has 5 heteroatoms. The molecule has 2 heterocycles. The predicted molar refractivity (Wildman–Crippen MR) is 94.0 cm³/mol. The van der Waals surface area contributed by atoms with E-state index in [1.165, 1.54) is 0 Å². The molecule has 0 unspecified atom stereocenters. The summed E-state index contributed by atoms with van der Waals surface area (Å²) in [7, 11) is 0. The molecule has 0 aliphatic carbocycles. The maximum atomic E-state index is 12.2. The highest BCUT2D eigenvalue weighted by Gasteiger charge is 2.22. The van der Waals surface area contributed by atoms with E-state index in [2.05, 4.69) is 15.2 Å². The standard InChI is InChI=1S/C19H23N3O2/c23-17-9-6-15(7-10-17)8-11-19(24)21-16-4-3-13-22(14-16)18-5-1-2-12-20-18/h1-2,5-7,9-10,12,16,23H,3-4,8,11,13-14H2,(H,21,24)/t16-/m1/s1. The lowest BCUT2D eigenvalue weighted by Crippen LogP contribution is -2.48. The van der Waals surface area contributed by atoms with E-state index in [9.17, 15) is 9.90 Å². The van der Waals surface area contributed by atoms with Gasteiger partial charge in [0.15, 0.2) is 0 Å². The number of carbonyl (C=O) groups is 1. The van der Waals surface area contributed by atoms with Crippen LogP contribution in [0.2, 0.25) is 0 Å². The van der Waals surface area contributed by atoms with Crippen LogP contribution < -0.4 is 10.2 Å². The van der Waals surface area contributed by atoms with Crippen LogP contribution in [0.4, 0.5) is 5.82 Å². The summed E-state index contributed by atoms with van der Waals surface area (Å²) < 4.78 is 0. The Morgan fingerprint density at radius 2 is 2.08 bits per heavy atom. The van der Waals surface area contributed by atoms with Gasteiger partial charge in [-0.05, 0) is 49.1 Å². The van der Waals surface area contributed by atoms with E-state index in [0.29, 0.717) is 12.8 Å². The Labute approximate surface area is 142 Å². The van der Waals surface area contributed by atoms with E-state index in [1.54, 1.807) is 18.3 Å². The molecule has 0 radical (unpaired) electrons.